The quantitative estimate of drug-likeness (QED) is 0.867. The Balaban J connectivity index is 2.05. The van der Waals surface area contributed by atoms with Gasteiger partial charge in [-0.15, -0.1) is 0 Å². The van der Waals surface area contributed by atoms with Crippen LogP contribution in [0.1, 0.15) is 54.6 Å². The lowest BCUT2D eigenvalue weighted by Gasteiger charge is -2.16. The second-order valence-electron chi connectivity index (χ2n) is 6.10. The highest BCUT2D eigenvalue weighted by Crippen LogP contribution is 2.30. The summed E-state index contributed by atoms with van der Waals surface area (Å²) in [7, 11) is 0. The van der Waals surface area contributed by atoms with Crippen molar-refractivity contribution in [3.05, 3.63) is 46.8 Å². The lowest BCUT2D eigenvalue weighted by molar-refractivity contribution is 0.503. The summed E-state index contributed by atoms with van der Waals surface area (Å²) in [5, 5.41) is 8.33. The zero-order valence-electron chi connectivity index (χ0n) is 13.3. The molecule has 1 aromatic carbocycles. The number of rotatable bonds is 3. The highest BCUT2D eigenvalue weighted by molar-refractivity contribution is 5.44. The summed E-state index contributed by atoms with van der Waals surface area (Å²) >= 11 is 0. The van der Waals surface area contributed by atoms with Crippen molar-refractivity contribution in [3.8, 4) is 5.69 Å². The average molecular weight is 283 g/mol. The molecule has 1 N–H and O–H groups in total. The number of nitrogens with one attached hydrogen (secondary N) is 1. The lowest BCUT2D eigenvalue weighted by atomic mass is 10.1. The van der Waals surface area contributed by atoms with Crippen LogP contribution in [0.3, 0.4) is 0 Å². The van der Waals surface area contributed by atoms with E-state index in [1.165, 1.54) is 47.3 Å². The predicted molar refractivity (Wildman–Crippen MR) is 87.0 cm³/mol. The van der Waals surface area contributed by atoms with Crippen molar-refractivity contribution in [2.45, 2.75) is 52.5 Å². The Bertz CT molecular complexity index is 627. The van der Waals surface area contributed by atoms with Crippen LogP contribution in [0, 0.1) is 13.8 Å². The number of aryl methyl sites for hydroxylation is 2. The summed E-state index contributed by atoms with van der Waals surface area (Å²) in [6, 6.07) is 7.08. The van der Waals surface area contributed by atoms with Gasteiger partial charge >= 0.3 is 0 Å². The lowest BCUT2D eigenvalue weighted by Crippen LogP contribution is -2.20. The molecule has 3 rings (SSSR count). The fourth-order valence-corrected chi connectivity index (χ4v) is 3.43. The van der Waals surface area contributed by atoms with E-state index in [2.05, 4.69) is 55.2 Å². The van der Waals surface area contributed by atoms with Gasteiger partial charge in [0.1, 0.15) is 0 Å². The van der Waals surface area contributed by atoms with E-state index in [4.69, 9.17) is 5.10 Å². The van der Waals surface area contributed by atoms with Gasteiger partial charge in [-0.05, 0) is 51.3 Å². The number of fused-ring (bicyclic) bond motifs is 1. The molecule has 0 aliphatic heterocycles. The molecule has 112 valence electrons. The van der Waals surface area contributed by atoms with Crippen LogP contribution in [-0.4, -0.2) is 16.3 Å². The molecule has 0 saturated heterocycles. The Kier molecular flexibility index (Phi) is 4.11. The number of hydrogen-bond donors (Lipinski definition) is 1. The molecule has 1 heterocycles. The van der Waals surface area contributed by atoms with Crippen LogP contribution < -0.4 is 5.32 Å². The molecular weight excluding hydrogens is 258 g/mol. The smallest absolute Gasteiger partial charge is 0.0678 e. The molecule has 1 unspecified atom stereocenters. The fraction of sp³-hybridized carbons (Fsp3) is 0.500. The molecule has 0 radical (unpaired) electrons. The maximum absolute atomic E-state index is 4.71. The topological polar surface area (TPSA) is 29.9 Å². The molecule has 1 aliphatic rings. The van der Waals surface area contributed by atoms with Gasteiger partial charge in [0.2, 0.25) is 0 Å². The fourth-order valence-electron chi connectivity index (χ4n) is 3.43. The molecule has 3 heteroatoms. The normalized spacial score (nSPS) is 18.3. The molecule has 2 aromatic rings. The zero-order chi connectivity index (χ0) is 14.8. The minimum Gasteiger partial charge on any atom is -0.310 e. The molecule has 0 saturated carbocycles. The van der Waals surface area contributed by atoms with Crippen molar-refractivity contribution < 1.29 is 0 Å². The SMILES string of the molecule is CCNC1CCCCc2c1cnn2-c1ccc(C)cc1C. The van der Waals surface area contributed by atoms with E-state index in [-0.39, 0.29) is 0 Å². The summed E-state index contributed by atoms with van der Waals surface area (Å²) in [5.74, 6) is 0. The van der Waals surface area contributed by atoms with E-state index in [1.807, 2.05) is 0 Å². The van der Waals surface area contributed by atoms with Gasteiger partial charge in [0.25, 0.3) is 0 Å². The summed E-state index contributed by atoms with van der Waals surface area (Å²) in [4.78, 5) is 0. The molecule has 1 aromatic heterocycles. The van der Waals surface area contributed by atoms with E-state index < -0.39 is 0 Å². The maximum Gasteiger partial charge on any atom is 0.0678 e. The van der Waals surface area contributed by atoms with Crippen LogP contribution in [0.15, 0.2) is 24.4 Å². The molecule has 1 aliphatic carbocycles. The second-order valence-corrected chi connectivity index (χ2v) is 6.10. The Labute approximate surface area is 127 Å². The van der Waals surface area contributed by atoms with Gasteiger partial charge in [0, 0.05) is 17.3 Å². The highest BCUT2D eigenvalue weighted by Gasteiger charge is 2.22. The zero-order valence-corrected chi connectivity index (χ0v) is 13.3. The third-order valence-corrected chi connectivity index (χ3v) is 4.46. The van der Waals surface area contributed by atoms with E-state index in [9.17, 15) is 0 Å². The van der Waals surface area contributed by atoms with Crippen LogP contribution >= 0.6 is 0 Å². The first-order chi connectivity index (χ1) is 10.2. The van der Waals surface area contributed by atoms with Gasteiger partial charge in [0.05, 0.1) is 11.9 Å². The average Bonchev–Trinajstić information content (AvgIpc) is 2.76. The molecule has 3 nitrogen and oxygen atoms in total. The monoisotopic (exact) mass is 283 g/mol. The first kappa shape index (κ1) is 14.3. The molecule has 0 amide bonds. The van der Waals surface area contributed by atoms with E-state index in [0.29, 0.717) is 6.04 Å². The van der Waals surface area contributed by atoms with Crippen LogP contribution in [0.2, 0.25) is 0 Å². The van der Waals surface area contributed by atoms with Gasteiger partial charge in [-0.1, -0.05) is 31.0 Å². The predicted octanol–water partition coefficient (Wildman–Crippen LogP) is 3.87. The van der Waals surface area contributed by atoms with Crippen LogP contribution in [0.5, 0.6) is 0 Å². The van der Waals surface area contributed by atoms with Gasteiger partial charge in [-0.25, -0.2) is 4.68 Å². The number of nitrogens with zero attached hydrogens (tertiary/aromatic N) is 2. The van der Waals surface area contributed by atoms with E-state index in [0.717, 1.165) is 13.0 Å². The van der Waals surface area contributed by atoms with Gasteiger partial charge < -0.3 is 5.32 Å². The summed E-state index contributed by atoms with van der Waals surface area (Å²) in [5.41, 5.74) is 6.61. The molecule has 0 bridgehead atoms. The third-order valence-electron chi connectivity index (χ3n) is 4.46. The van der Waals surface area contributed by atoms with E-state index >= 15 is 0 Å². The summed E-state index contributed by atoms with van der Waals surface area (Å²) in [6.45, 7) is 7.51. The van der Waals surface area contributed by atoms with E-state index in [1.54, 1.807) is 0 Å². The number of benzene rings is 1. The number of hydrogen-bond acceptors (Lipinski definition) is 2. The first-order valence-corrected chi connectivity index (χ1v) is 8.08. The van der Waals surface area contributed by atoms with Crippen LogP contribution in [0.4, 0.5) is 0 Å². The third kappa shape index (κ3) is 2.75. The van der Waals surface area contributed by atoms with Crippen LogP contribution in [0.25, 0.3) is 5.69 Å². The minimum atomic E-state index is 0.465. The van der Waals surface area contributed by atoms with Crippen LogP contribution in [-0.2, 0) is 6.42 Å². The van der Waals surface area contributed by atoms with Gasteiger partial charge in [-0.3, -0.25) is 0 Å². The Morgan fingerprint density at radius 3 is 2.90 bits per heavy atom. The summed E-state index contributed by atoms with van der Waals surface area (Å²) in [6.07, 6.45) is 6.97. The Morgan fingerprint density at radius 2 is 2.14 bits per heavy atom. The molecular formula is C18H25N3. The van der Waals surface area contributed by atoms with Gasteiger partial charge in [-0.2, -0.15) is 5.10 Å². The van der Waals surface area contributed by atoms with Crippen molar-refractivity contribution in [1.29, 1.82) is 0 Å². The standard InChI is InChI=1S/C18H25N3/c1-4-19-16-7-5-6-8-18-15(16)12-20-21(18)17-10-9-13(2)11-14(17)3/h9-12,16,19H,4-8H2,1-3H3. The second kappa shape index (κ2) is 6.02. The Morgan fingerprint density at radius 1 is 1.29 bits per heavy atom. The van der Waals surface area contributed by atoms with Crippen molar-refractivity contribution >= 4 is 0 Å². The van der Waals surface area contributed by atoms with Gasteiger partial charge in [0.15, 0.2) is 0 Å². The summed E-state index contributed by atoms with van der Waals surface area (Å²) < 4.78 is 2.17. The Hall–Kier alpha value is -1.61. The largest absolute Gasteiger partial charge is 0.310 e. The van der Waals surface area contributed by atoms with Crippen molar-refractivity contribution in [2.24, 2.45) is 0 Å². The molecule has 0 fully saturated rings. The number of aromatic nitrogens is 2. The molecule has 21 heavy (non-hydrogen) atoms. The molecule has 1 atom stereocenters. The first-order valence-electron chi connectivity index (χ1n) is 8.08. The van der Waals surface area contributed by atoms with Crippen molar-refractivity contribution in [1.82, 2.24) is 15.1 Å². The maximum atomic E-state index is 4.71. The highest BCUT2D eigenvalue weighted by atomic mass is 15.3. The minimum absolute atomic E-state index is 0.465. The van der Waals surface area contributed by atoms with Crippen molar-refractivity contribution in [2.75, 3.05) is 6.54 Å². The molecule has 0 spiro atoms. The van der Waals surface area contributed by atoms with Crippen molar-refractivity contribution in [3.63, 3.8) is 0 Å².